The van der Waals surface area contributed by atoms with Crippen LogP contribution in [0, 0.1) is 5.92 Å². The minimum Gasteiger partial charge on any atom is -0.480 e. The maximum Gasteiger partial charge on any atom is 0.326 e. The number of rotatable bonds is 5. The highest BCUT2D eigenvalue weighted by Gasteiger charge is 2.23. The lowest BCUT2D eigenvalue weighted by molar-refractivity contribution is -0.143. The maximum atomic E-state index is 11.7. The number of carbonyl (C=O) groups excluding carboxylic acids is 1. The van der Waals surface area contributed by atoms with Crippen molar-refractivity contribution in [1.82, 2.24) is 5.32 Å². The molecule has 0 radical (unpaired) electrons. The standard InChI is InChI=1S/C13H18N2O3/c1-8(2)12(13(17)18)15-11(16)7-9-3-5-10(14)6-4-9/h3-6,8,12H,7,14H2,1-2H3,(H,15,16)(H,17,18). The van der Waals surface area contributed by atoms with Crippen molar-refractivity contribution in [3.05, 3.63) is 29.8 Å². The highest BCUT2D eigenvalue weighted by Crippen LogP contribution is 2.07. The molecule has 0 saturated carbocycles. The molecule has 0 bridgehead atoms. The van der Waals surface area contributed by atoms with Crippen LogP contribution in [0.15, 0.2) is 24.3 Å². The fraction of sp³-hybridized carbons (Fsp3) is 0.385. The molecule has 0 heterocycles. The van der Waals surface area contributed by atoms with E-state index in [9.17, 15) is 9.59 Å². The van der Waals surface area contributed by atoms with Crippen LogP contribution in [0.5, 0.6) is 0 Å². The second-order valence-electron chi connectivity index (χ2n) is 4.55. The van der Waals surface area contributed by atoms with Crippen molar-refractivity contribution in [2.45, 2.75) is 26.3 Å². The Kier molecular flexibility index (Phi) is 4.71. The summed E-state index contributed by atoms with van der Waals surface area (Å²) in [4.78, 5) is 22.7. The molecule has 1 atom stereocenters. The summed E-state index contributed by atoms with van der Waals surface area (Å²) in [5.41, 5.74) is 6.97. The minimum atomic E-state index is -1.02. The van der Waals surface area contributed by atoms with E-state index in [1.54, 1.807) is 38.1 Å². The van der Waals surface area contributed by atoms with Crippen LogP contribution >= 0.6 is 0 Å². The lowest BCUT2D eigenvalue weighted by Crippen LogP contribution is -2.44. The van der Waals surface area contributed by atoms with Gasteiger partial charge in [0.05, 0.1) is 6.42 Å². The van der Waals surface area contributed by atoms with Gasteiger partial charge in [-0.25, -0.2) is 4.79 Å². The van der Waals surface area contributed by atoms with E-state index in [1.165, 1.54) is 0 Å². The molecule has 1 aromatic carbocycles. The summed E-state index contributed by atoms with van der Waals surface area (Å²) >= 11 is 0. The van der Waals surface area contributed by atoms with Crippen LogP contribution in [0.25, 0.3) is 0 Å². The van der Waals surface area contributed by atoms with Crippen molar-refractivity contribution in [3.63, 3.8) is 0 Å². The van der Waals surface area contributed by atoms with Gasteiger partial charge in [-0.05, 0) is 23.6 Å². The first-order valence-corrected chi connectivity index (χ1v) is 5.76. The van der Waals surface area contributed by atoms with E-state index in [-0.39, 0.29) is 18.2 Å². The van der Waals surface area contributed by atoms with Gasteiger partial charge in [-0.3, -0.25) is 4.79 Å². The summed E-state index contributed by atoms with van der Waals surface area (Å²) in [5.74, 6) is -1.48. The molecule has 1 unspecified atom stereocenters. The molecule has 0 aromatic heterocycles. The van der Waals surface area contributed by atoms with Gasteiger partial charge >= 0.3 is 5.97 Å². The normalized spacial score (nSPS) is 12.2. The Morgan fingerprint density at radius 1 is 1.28 bits per heavy atom. The third-order valence-electron chi connectivity index (χ3n) is 2.59. The van der Waals surface area contributed by atoms with E-state index < -0.39 is 12.0 Å². The number of amides is 1. The first-order valence-electron chi connectivity index (χ1n) is 5.76. The number of hydrogen-bond acceptors (Lipinski definition) is 3. The van der Waals surface area contributed by atoms with Crippen molar-refractivity contribution in [2.75, 3.05) is 5.73 Å². The molecule has 5 heteroatoms. The fourth-order valence-electron chi connectivity index (χ4n) is 1.56. The third-order valence-corrected chi connectivity index (χ3v) is 2.59. The maximum absolute atomic E-state index is 11.7. The first kappa shape index (κ1) is 14.0. The largest absolute Gasteiger partial charge is 0.480 e. The Morgan fingerprint density at radius 3 is 2.28 bits per heavy atom. The minimum absolute atomic E-state index is 0.150. The molecular formula is C13H18N2O3. The molecule has 1 rings (SSSR count). The highest BCUT2D eigenvalue weighted by atomic mass is 16.4. The van der Waals surface area contributed by atoms with Crippen molar-refractivity contribution >= 4 is 17.6 Å². The van der Waals surface area contributed by atoms with Crippen molar-refractivity contribution in [3.8, 4) is 0 Å². The molecule has 4 N–H and O–H groups in total. The Morgan fingerprint density at radius 2 is 1.83 bits per heavy atom. The molecule has 5 nitrogen and oxygen atoms in total. The van der Waals surface area contributed by atoms with E-state index in [0.717, 1.165) is 5.56 Å². The van der Waals surface area contributed by atoms with Gasteiger partial charge in [-0.1, -0.05) is 26.0 Å². The first-order chi connectivity index (χ1) is 8.40. The van der Waals surface area contributed by atoms with Gasteiger partial charge < -0.3 is 16.2 Å². The number of hydrogen-bond donors (Lipinski definition) is 3. The molecule has 0 spiro atoms. The number of carbonyl (C=O) groups is 2. The lowest BCUT2D eigenvalue weighted by atomic mass is 10.0. The van der Waals surface area contributed by atoms with Crippen LogP contribution < -0.4 is 11.1 Å². The van der Waals surface area contributed by atoms with E-state index in [0.29, 0.717) is 5.69 Å². The van der Waals surface area contributed by atoms with Gasteiger partial charge in [0.2, 0.25) is 5.91 Å². The average Bonchev–Trinajstić information content (AvgIpc) is 2.28. The summed E-state index contributed by atoms with van der Waals surface area (Å²) in [6, 6.07) is 6.06. The SMILES string of the molecule is CC(C)C(NC(=O)Cc1ccc(N)cc1)C(=O)O. The number of anilines is 1. The van der Waals surface area contributed by atoms with Gasteiger partial charge in [0.1, 0.15) is 6.04 Å². The number of nitrogens with two attached hydrogens (primary N) is 1. The molecule has 0 aliphatic heterocycles. The molecule has 18 heavy (non-hydrogen) atoms. The predicted octanol–water partition coefficient (Wildman–Crippen LogP) is 1.04. The van der Waals surface area contributed by atoms with Gasteiger partial charge in [-0.15, -0.1) is 0 Å². The second kappa shape index (κ2) is 6.05. The van der Waals surface area contributed by atoms with E-state index in [4.69, 9.17) is 10.8 Å². The summed E-state index contributed by atoms with van der Waals surface area (Å²) < 4.78 is 0. The molecule has 98 valence electrons. The summed E-state index contributed by atoms with van der Waals surface area (Å²) in [6.07, 6.45) is 0.150. The van der Waals surface area contributed by atoms with Gasteiger partial charge in [0, 0.05) is 5.69 Å². The van der Waals surface area contributed by atoms with E-state index >= 15 is 0 Å². The zero-order valence-corrected chi connectivity index (χ0v) is 10.5. The molecule has 0 aliphatic rings. The number of benzene rings is 1. The smallest absolute Gasteiger partial charge is 0.326 e. The molecule has 1 aromatic rings. The van der Waals surface area contributed by atoms with Crippen molar-refractivity contribution < 1.29 is 14.7 Å². The number of carboxylic acids is 1. The molecular weight excluding hydrogens is 232 g/mol. The summed E-state index contributed by atoms with van der Waals surface area (Å²) in [5, 5.41) is 11.5. The van der Waals surface area contributed by atoms with Gasteiger partial charge in [-0.2, -0.15) is 0 Å². The van der Waals surface area contributed by atoms with Crippen LogP contribution in [-0.2, 0) is 16.0 Å². The molecule has 0 saturated heterocycles. The topological polar surface area (TPSA) is 92.4 Å². The number of nitrogen functional groups attached to an aromatic ring is 1. The Labute approximate surface area is 106 Å². The Balaban J connectivity index is 2.60. The number of aliphatic carboxylic acids is 1. The number of carboxylic acid groups (broad SMARTS) is 1. The van der Waals surface area contributed by atoms with E-state index in [1.807, 2.05) is 0 Å². The van der Waals surface area contributed by atoms with Crippen molar-refractivity contribution in [1.29, 1.82) is 0 Å². The number of nitrogens with one attached hydrogen (secondary N) is 1. The van der Waals surface area contributed by atoms with Crippen LogP contribution in [0.2, 0.25) is 0 Å². The fourth-order valence-corrected chi connectivity index (χ4v) is 1.56. The van der Waals surface area contributed by atoms with Crippen LogP contribution in [0.4, 0.5) is 5.69 Å². The van der Waals surface area contributed by atoms with Crippen LogP contribution in [0.1, 0.15) is 19.4 Å². The lowest BCUT2D eigenvalue weighted by Gasteiger charge is -2.17. The molecule has 1 amide bonds. The van der Waals surface area contributed by atoms with Gasteiger partial charge in [0.15, 0.2) is 0 Å². The Hall–Kier alpha value is -2.04. The van der Waals surface area contributed by atoms with E-state index in [2.05, 4.69) is 5.32 Å². The van der Waals surface area contributed by atoms with Crippen molar-refractivity contribution in [2.24, 2.45) is 5.92 Å². The average molecular weight is 250 g/mol. The summed E-state index contributed by atoms with van der Waals surface area (Å²) in [7, 11) is 0. The molecule has 0 aliphatic carbocycles. The van der Waals surface area contributed by atoms with Crippen LogP contribution in [-0.4, -0.2) is 23.0 Å². The van der Waals surface area contributed by atoms with Crippen LogP contribution in [0.3, 0.4) is 0 Å². The Bertz CT molecular complexity index is 426. The monoisotopic (exact) mass is 250 g/mol. The zero-order chi connectivity index (χ0) is 13.7. The second-order valence-corrected chi connectivity index (χ2v) is 4.55. The summed E-state index contributed by atoms with van der Waals surface area (Å²) in [6.45, 7) is 3.50. The third kappa shape index (κ3) is 4.08. The highest BCUT2D eigenvalue weighted by molar-refractivity contribution is 5.85. The quantitative estimate of drug-likeness (QED) is 0.681. The zero-order valence-electron chi connectivity index (χ0n) is 10.5. The van der Waals surface area contributed by atoms with Gasteiger partial charge in [0.25, 0.3) is 0 Å². The molecule has 0 fully saturated rings. The predicted molar refractivity (Wildman–Crippen MR) is 69.0 cm³/mol.